The van der Waals surface area contributed by atoms with E-state index in [4.69, 9.17) is 0 Å². The maximum atomic E-state index is 13.7. The lowest BCUT2D eigenvalue weighted by atomic mass is 10.1. The van der Waals surface area contributed by atoms with Crippen LogP contribution in [0.2, 0.25) is 0 Å². The fourth-order valence-electron chi connectivity index (χ4n) is 2.34. The van der Waals surface area contributed by atoms with Crippen molar-refractivity contribution in [1.82, 2.24) is 9.97 Å². The molecule has 0 amide bonds. The van der Waals surface area contributed by atoms with E-state index in [1.807, 2.05) is 0 Å². The van der Waals surface area contributed by atoms with Gasteiger partial charge in [-0.2, -0.15) is 0 Å². The Bertz CT molecular complexity index is 900. The van der Waals surface area contributed by atoms with Crippen molar-refractivity contribution in [3.8, 4) is 0 Å². The number of hydrogen-bond donors (Lipinski definition) is 1. The van der Waals surface area contributed by atoms with Gasteiger partial charge in [-0.1, -0.05) is 12.1 Å². The van der Waals surface area contributed by atoms with Gasteiger partial charge in [0.2, 0.25) is 0 Å². The summed E-state index contributed by atoms with van der Waals surface area (Å²) in [6.45, 7) is 0.446. The van der Waals surface area contributed by atoms with Crippen molar-refractivity contribution in [3.05, 3.63) is 70.0 Å². The highest BCUT2D eigenvalue weighted by Gasteiger charge is 2.10. The van der Waals surface area contributed by atoms with Crippen LogP contribution in [0, 0.1) is 21.7 Å². The number of nitrogens with zero attached hydrogens (tertiary/aromatic N) is 3. The largest absolute Gasteiger partial charge is 0.369 e. The van der Waals surface area contributed by atoms with Crippen molar-refractivity contribution in [2.45, 2.75) is 6.42 Å². The lowest BCUT2D eigenvalue weighted by molar-refractivity contribution is -0.384. The van der Waals surface area contributed by atoms with E-state index in [-0.39, 0.29) is 16.6 Å². The second-order valence-electron chi connectivity index (χ2n) is 5.11. The molecular formula is C16H12F2N4O2. The van der Waals surface area contributed by atoms with Crippen LogP contribution in [0.25, 0.3) is 10.9 Å². The minimum atomic E-state index is -0.745. The third-order valence-corrected chi connectivity index (χ3v) is 3.51. The first-order valence-electron chi connectivity index (χ1n) is 7.11. The number of aromatic nitrogens is 2. The Morgan fingerprint density at radius 3 is 2.58 bits per heavy atom. The molecule has 0 atom stereocenters. The summed E-state index contributed by atoms with van der Waals surface area (Å²) in [7, 11) is 0. The molecule has 0 fully saturated rings. The van der Waals surface area contributed by atoms with Gasteiger partial charge in [-0.25, -0.2) is 18.7 Å². The number of fused-ring (bicyclic) bond motifs is 1. The summed E-state index contributed by atoms with van der Waals surface area (Å²) in [5, 5.41) is 13.9. The third kappa shape index (κ3) is 3.27. The summed E-state index contributed by atoms with van der Waals surface area (Å²) in [6.07, 6.45) is 1.78. The Morgan fingerprint density at radius 2 is 1.88 bits per heavy atom. The van der Waals surface area contributed by atoms with Crippen LogP contribution in [0.1, 0.15) is 5.56 Å². The van der Waals surface area contributed by atoms with Crippen LogP contribution in [0.3, 0.4) is 0 Å². The van der Waals surface area contributed by atoms with E-state index in [9.17, 15) is 18.9 Å². The van der Waals surface area contributed by atoms with Crippen molar-refractivity contribution < 1.29 is 13.7 Å². The van der Waals surface area contributed by atoms with E-state index >= 15 is 0 Å². The molecule has 1 N–H and O–H groups in total. The quantitative estimate of drug-likeness (QED) is 0.572. The number of benzene rings is 2. The average molecular weight is 330 g/mol. The van der Waals surface area contributed by atoms with Crippen LogP contribution < -0.4 is 5.32 Å². The number of halogens is 2. The van der Waals surface area contributed by atoms with Gasteiger partial charge in [0.1, 0.15) is 23.5 Å². The molecule has 122 valence electrons. The normalized spacial score (nSPS) is 10.8. The van der Waals surface area contributed by atoms with Gasteiger partial charge >= 0.3 is 0 Å². The average Bonchev–Trinajstić information content (AvgIpc) is 2.56. The summed E-state index contributed by atoms with van der Waals surface area (Å²) in [5.41, 5.74) is 0.965. The highest BCUT2D eigenvalue weighted by molar-refractivity contribution is 5.89. The summed E-state index contributed by atoms with van der Waals surface area (Å²) >= 11 is 0. The van der Waals surface area contributed by atoms with Crippen LogP contribution in [0.15, 0.2) is 42.7 Å². The van der Waals surface area contributed by atoms with Crippen LogP contribution >= 0.6 is 0 Å². The highest BCUT2D eigenvalue weighted by Crippen LogP contribution is 2.23. The van der Waals surface area contributed by atoms with E-state index in [0.717, 1.165) is 11.6 Å². The number of non-ortho nitro benzene ring substituents is 1. The molecular weight excluding hydrogens is 318 g/mol. The van der Waals surface area contributed by atoms with Crippen LogP contribution in [-0.2, 0) is 6.42 Å². The molecule has 0 saturated carbocycles. The SMILES string of the molecule is O=[N+]([O-])c1ccc(CCNc2ncnc3c(F)cc(F)cc23)cc1. The van der Waals surface area contributed by atoms with E-state index in [1.165, 1.54) is 24.5 Å². The van der Waals surface area contributed by atoms with Gasteiger partial charge in [0.25, 0.3) is 5.69 Å². The maximum Gasteiger partial charge on any atom is 0.269 e. The van der Waals surface area contributed by atoms with Crippen molar-refractivity contribution in [2.24, 2.45) is 0 Å². The molecule has 0 saturated heterocycles. The lowest BCUT2D eigenvalue weighted by Gasteiger charge is -2.09. The molecule has 8 heteroatoms. The number of nitro groups is 1. The molecule has 2 aromatic carbocycles. The van der Waals surface area contributed by atoms with Gasteiger partial charge in [-0.3, -0.25) is 10.1 Å². The molecule has 0 aliphatic carbocycles. The topological polar surface area (TPSA) is 81.0 Å². The van der Waals surface area contributed by atoms with Crippen molar-refractivity contribution in [1.29, 1.82) is 0 Å². The summed E-state index contributed by atoms with van der Waals surface area (Å²) in [5.74, 6) is -1.11. The molecule has 0 aliphatic heterocycles. The smallest absolute Gasteiger partial charge is 0.269 e. The Morgan fingerprint density at radius 1 is 1.12 bits per heavy atom. The van der Waals surface area contributed by atoms with Gasteiger partial charge in [0.15, 0.2) is 5.82 Å². The molecule has 0 bridgehead atoms. The molecule has 0 radical (unpaired) electrons. The van der Waals surface area contributed by atoms with Gasteiger partial charge in [0.05, 0.1) is 4.92 Å². The minimum Gasteiger partial charge on any atom is -0.369 e. The minimum absolute atomic E-state index is 0.0273. The Kier molecular flexibility index (Phi) is 4.28. The highest BCUT2D eigenvalue weighted by atomic mass is 19.1. The van der Waals surface area contributed by atoms with Crippen LogP contribution in [0.5, 0.6) is 0 Å². The Hall–Kier alpha value is -3.16. The molecule has 1 heterocycles. The predicted octanol–water partition coefficient (Wildman–Crippen LogP) is 3.47. The van der Waals surface area contributed by atoms with Crippen LogP contribution in [-0.4, -0.2) is 21.4 Å². The predicted molar refractivity (Wildman–Crippen MR) is 84.7 cm³/mol. The van der Waals surface area contributed by atoms with Crippen molar-refractivity contribution in [2.75, 3.05) is 11.9 Å². The zero-order valence-corrected chi connectivity index (χ0v) is 12.4. The monoisotopic (exact) mass is 330 g/mol. The molecule has 6 nitrogen and oxygen atoms in total. The van der Waals surface area contributed by atoms with Crippen LogP contribution in [0.4, 0.5) is 20.3 Å². The fraction of sp³-hybridized carbons (Fsp3) is 0.125. The van der Waals surface area contributed by atoms with E-state index < -0.39 is 16.6 Å². The van der Waals surface area contributed by atoms with Gasteiger partial charge in [-0.15, -0.1) is 0 Å². The molecule has 0 unspecified atom stereocenters. The second kappa shape index (κ2) is 6.53. The summed E-state index contributed by atoms with van der Waals surface area (Å²) in [6, 6.07) is 8.14. The molecule has 1 aromatic heterocycles. The molecule has 3 aromatic rings. The number of nitrogens with one attached hydrogen (secondary N) is 1. The first-order valence-corrected chi connectivity index (χ1v) is 7.11. The van der Waals surface area contributed by atoms with E-state index in [0.29, 0.717) is 18.8 Å². The van der Waals surface area contributed by atoms with Gasteiger partial charge in [-0.05, 0) is 18.1 Å². The first-order chi connectivity index (χ1) is 11.5. The Balaban J connectivity index is 1.73. The van der Waals surface area contributed by atoms with E-state index in [1.54, 1.807) is 12.1 Å². The molecule has 0 spiro atoms. The van der Waals surface area contributed by atoms with Gasteiger partial charge in [0, 0.05) is 30.1 Å². The number of hydrogen-bond acceptors (Lipinski definition) is 5. The molecule has 24 heavy (non-hydrogen) atoms. The summed E-state index contributed by atoms with van der Waals surface area (Å²) < 4.78 is 27.1. The first kappa shape index (κ1) is 15.7. The summed E-state index contributed by atoms with van der Waals surface area (Å²) in [4.78, 5) is 18.0. The molecule has 3 rings (SSSR count). The number of rotatable bonds is 5. The fourth-order valence-corrected chi connectivity index (χ4v) is 2.34. The van der Waals surface area contributed by atoms with Crippen molar-refractivity contribution >= 4 is 22.4 Å². The third-order valence-electron chi connectivity index (χ3n) is 3.51. The Labute approximate surface area is 135 Å². The number of anilines is 1. The standard InChI is InChI=1S/C16H12F2N4O2/c17-11-7-13-15(14(18)8-11)20-9-21-16(13)19-6-5-10-1-3-12(4-2-10)22(23)24/h1-4,7-9H,5-6H2,(H,19,20,21). The molecule has 0 aliphatic rings. The van der Waals surface area contributed by atoms with Gasteiger partial charge < -0.3 is 5.32 Å². The van der Waals surface area contributed by atoms with Crippen molar-refractivity contribution in [3.63, 3.8) is 0 Å². The number of nitro benzene ring substituents is 1. The second-order valence-corrected chi connectivity index (χ2v) is 5.11. The maximum absolute atomic E-state index is 13.7. The zero-order chi connectivity index (χ0) is 17.1. The zero-order valence-electron chi connectivity index (χ0n) is 12.4. The van der Waals surface area contributed by atoms with E-state index in [2.05, 4.69) is 15.3 Å². The lowest BCUT2D eigenvalue weighted by Crippen LogP contribution is -2.07.